The SMILES string of the molecule is CNC(C)C(=O)NC1CN(C(=O)c2ccc(C(=O)C(C)(C)C)cc2)c2ccccc2N(Cc2c(OC)ccc3cc(Br)ccc23)C1=O.Cl. The summed E-state index contributed by atoms with van der Waals surface area (Å²) in [5, 5.41) is 7.67. The van der Waals surface area contributed by atoms with Crippen molar-refractivity contribution >= 4 is 74.0 Å². The van der Waals surface area contributed by atoms with Crippen molar-refractivity contribution < 1.29 is 23.9 Å². The Labute approximate surface area is 295 Å². The zero-order valence-corrected chi connectivity index (χ0v) is 30.2. The molecule has 1 heterocycles. The van der Waals surface area contributed by atoms with Crippen LogP contribution >= 0.6 is 28.3 Å². The van der Waals surface area contributed by atoms with Crippen molar-refractivity contribution in [3.8, 4) is 5.75 Å². The molecule has 5 rings (SSSR count). The van der Waals surface area contributed by atoms with Gasteiger partial charge in [-0.05, 0) is 67.2 Å². The second kappa shape index (κ2) is 14.9. The van der Waals surface area contributed by atoms with Gasteiger partial charge in [0.1, 0.15) is 11.8 Å². The van der Waals surface area contributed by atoms with Crippen LogP contribution in [0.1, 0.15) is 54.0 Å². The number of ketones is 1. The van der Waals surface area contributed by atoms with Gasteiger partial charge in [0.25, 0.3) is 11.8 Å². The second-order valence-corrected chi connectivity index (χ2v) is 13.6. The number of carbonyl (C=O) groups excluding carboxylic acids is 4. The van der Waals surface area contributed by atoms with Gasteiger partial charge >= 0.3 is 0 Å². The summed E-state index contributed by atoms with van der Waals surface area (Å²) in [7, 11) is 3.25. The number of nitrogens with one attached hydrogen (secondary N) is 2. The first kappa shape index (κ1) is 36.6. The highest BCUT2D eigenvalue weighted by Crippen LogP contribution is 2.38. The summed E-state index contributed by atoms with van der Waals surface area (Å²) in [4.78, 5) is 58.0. The van der Waals surface area contributed by atoms with E-state index in [9.17, 15) is 19.2 Å². The van der Waals surface area contributed by atoms with E-state index in [1.165, 1.54) is 4.90 Å². The number of ether oxygens (including phenoxy) is 1. The fourth-order valence-electron chi connectivity index (χ4n) is 5.69. The highest BCUT2D eigenvalue weighted by Gasteiger charge is 2.38. The number of hydrogen-bond donors (Lipinski definition) is 2. The molecule has 0 bridgehead atoms. The predicted octanol–water partition coefficient (Wildman–Crippen LogP) is 6.55. The van der Waals surface area contributed by atoms with E-state index in [4.69, 9.17) is 4.74 Å². The van der Waals surface area contributed by atoms with Crippen LogP contribution in [0.4, 0.5) is 11.4 Å². The number of likely N-dealkylation sites (N-methyl/N-ethyl adjacent to an activating group) is 1. The molecule has 2 N–H and O–H groups in total. The molecule has 2 atom stereocenters. The molecule has 2 unspecified atom stereocenters. The van der Waals surface area contributed by atoms with Crippen LogP contribution in [0.5, 0.6) is 5.75 Å². The maximum absolute atomic E-state index is 14.5. The summed E-state index contributed by atoms with van der Waals surface area (Å²) in [5.41, 5.74) is 2.10. The molecule has 48 heavy (non-hydrogen) atoms. The summed E-state index contributed by atoms with van der Waals surface area (Å²) in [5.74, 6) is -0.532. The summed E-state index contributed by atoms with van der Waals surface area (Å²) in [6, 6.07) is 21.9. The highest BCUT2D eigenvalue weighted by atomic mass is 79.9. The first-order chi connectivity index (χ1) is 22.3. The lowest BCUT2D eigenvalue weighted by atomic mass is 9.86. The lowest BCUT2D eigenvalue weighted by molar-refractivity contribution is -0.128. The third kappa shape index (κ3) is 7.41. The molecule has 0 fully saturated rings. The molecular weight excluding hydrogens is 696 g/mol. The molecule has 0 saturated heterocycles. The third-order valence-corrected chi connectivity index (χ3v) is 8.94. The minimum absolute atomic E-state index is 0. The molecule has 4 aromatic carbocycles. The van der Waals surface area contributed by atoms with E-state index in [1.807, 2.05) is 63.2 Å². The van der Waals surface area contributed by atoms with Gasteiger partial charge in [0.2, 0.25) is 5.91 Å². The molecular formula is C37H40BrClN4O5. The second-order valence-electron chi connectivity index (χ2n) is 12.7. The predicted molar refractivity (Wildman–Crippen MR) is 195 cm³/mol. The zero-order chi connectivity index (χ0) is 34.0. The number of methoxy groups -OCH3 is 1. The van der Waals surface area contributed by atoms with Gasteiger partial charge in [-0.3, -0.25) is 19.2 Å². The van der Waals surface area contributed by atoms with Crippen LogP contribution in [0.15, 0.2) is 83.3 Å². The summed E-state index contributed by atoms with van der Waals surface area (Å²) < 4.78 is 6.69. The van der Waals surface area contributed by atoms with Crippen LogP contribution in [0.3, 0.4) is 0 Å². The molecule has 3 amide bonds. The number of nitrogens with zero attached hydrogens (tertiary/aromatic N) is 2. The van der Waals surface area contributed by atoms with Crippen molar-refractivity contribution in [3.63, 3.8) is 0 Å². The topological polar surface area (TPSA) is 108 Å². The number of Topliss-reactive ketones (excluding diaryl/α,β-unsaturated/α-hetero) is 1. The number of para-hydroxylation sites is 2. The minimum Gasteiger partial charge on any atom is -0.496 e. The Kier molecular flexibility index (Phi) is 11.3. The van der Waals surface area contributed by atoms with Gasteiger partial charge in [-0.15, -0.1) is 12.4 Å². The largest absolute Gasteiger partial charge is 0.496 e. The maximum Gasteiger partial charge on any atom is 0.258 e. The fraction of sp³-hybridized carbons (Fsp3) is 0.297. The molecule has 0 saturated carbocycles. The number of anilines is 2. The number of halogens is 2. The Balaban J connectivity index is 0.00000520. The smallest absolute Gasteiger partial charge is 0.258 e. The van der Waals surface area contributed by atoms with Gasteiger partial charge in [-0.25, -0.2) is 0 Å². The van der Waals surface area contributed by atoms with Crippen molar-refractivity contribution in [2.24, 2.45) is 5.41 Å². The first-order valence-corrected chi connectivity index (χ1v) is 16.2. The Bertz CT molecular complexity index is 1860. The van der Waals surface area contributed by atoms with Gasteiger partial charge in [0.15, 0.2) is 5.78 Å². The molecule has 0 spiro atoms. The van der Waals surface area contributed by atoms with E-state index in [-0.39, 0.29) is 49.0 Å². The van der Waals surface area contributed by atoms with E-state index in [2.05, 4.69) is 26.6 Å². The summed E-state index contributed by atoms with van der Waals surface area (Å²) in [6.07, 6.45) is 0. The molecule has 1 aliphatic rings. The summed E-state index contributed by atoms with van der Waals surface area (Å²) >= 11 is 3.54. The van der Waals surface area contributed by atoms with Crippen LogP contribution in [-0.4, -0.2) is 56.3 Å². The molecule has 11 heteroatoms. The molecule has 0 aromatic heterocycles. The normalized spacial score (nSPS) is 15.2. The van der Waals surface area contributed by atoms with Crippen LogP contribution in [0, 0.1) is 5.41 Å². The Morgan fingerprint density at radius 3 is 2.23 bits per heavy atom. The number of carbonyl (C=O) groups is 4. The quantitative estimate of drug-likeness (QED) is 0.199. The van der Waals surface area contributed by atoms with Crippen LogP contribution in [0.2, 0.25) is 0 Å². The maximum atomic E-state index is 14.5. The number of rotatable bonds is 8. The minimum atomic E-state index is -1.06. The van der Waals surface area contributed by atoms with E-state index < -0.39 is 17.5 Å². The lowest BCUT2D eigenvalue weighted by Gasteiger charge is -2.27. The Morgan fingerprint density at radius 1 is 0.958 bits per heavy atom. The van der Waals surface area contributed by atoms with E-state index >= 15 is 0 Å². The van der Waals surface area contributed by atoms with E-state index in [0.29, 0.717) is 28.3 Å². The van der Waals surface area contributed by atoms with Gasteiger partial charge in [0.05, 0.1) is 37.6 Å². The van der Waals surface area contributed by atoms with Crippen molar-refractivity contribution in [3.05, 3.63) is 100 Å². The van der Waals surface area contributed by atoms with Gasteiger partial charge in [-0.1, -0.05) is 73.1 Å². The van der Waals surface area contributed by atoms with Crippen molar-refractivity contribution in [2.45, 2.75) is 46.3 Å². The molecule has 0 radical (unpaired) electrons. The van der Waals surface area contributed by atoms with E-state index in [0.717, 1.165) is 20.8 Å². The van der Waals surface area contributed by atoms with Crippen LogP contribution in [-0.2, 0) is 16.1 Å². The lowest BCUT2D eigenvalue weighted by Crippen LogP contribution is -2.55. The van der Waals surface area contributed by atoms with Gasteiger partial charge in [-0.2, -0.15) is 0 Å². The van der Waals surface area contributed by atoms with Crippen molar-refractivity contribution in [1.29, 1.82) is 0 Å². The molecule has 4 aromatic rings. The summed E-state index contributed by atoms with van der Waals surface area (Å²) in [6.45, 7) is 7.27. The average molecular weight is 736 g/mol. The Hall–Kier alpha value is -4.25. The van der Waals surface area contributed by atoms with Gasteiger partial charge < -0.3 is 25.2 Å². The number of hydrogen-bond acceptors (Lipinski definition) is 6. The first-order valence-electron chi connectivity index (χ1n) is 15.4. The van der Waals surface area contributed by atoms with Crippen LogP contribution < -0.4 is 25.2 Å². The standard InChI is InChI=1S/C37H39BrN4O5.ClH/c1-22(39-5)34(44)40-29-21-42(35(45)24-13-11-23(12-14-24)33(43)37(2,3)4)31-10-8-7-9-30(31)41(36(29)46)20-28-27-17-16-26(38)19-25(27)15-18-32(28)47-6;/h7-19,22,29,39H,20-21H2,1-6H3,(H,40,44);1H. The fourth-order valence-corrected chi connectivity index (χ4v) is 6.07. The van der Waals surface area contributed by atoms with Gasteiger partial charge in [0, 0.05) is 26.6 Å². The van der Waals surface area contributed by atoms with E-state index in [1.54, 1.807) is 62.4 Å². The zero-order valence-electron chi connectivity index (χ0n) is 27.8. The number of fused-ring (bicyclic) bond motifs is 2. The van der Waals surface area contributed by atoms with Crippen LogP contribution in [0.25, 0.3) is 10.8 Å². The number of amides is 3. The molecule has 0 aliphatic carbocycles. The Morgan fingerprint density at radius 2 is 1.60 bits per heavy atom. The average Bonchev–Trinajstić information content (AvgIpc) is 3.17. The molecule has 9 nitrogen and oxygen atoms in total. The van der Waals surface area contributed by atoms with Crippen molar-refractivity contribution in [1.82, 2.24) is 10.6 Å². The molecule has 252 valence electrons. The third-order valence-electron chi connectivity index (χ3n) is 8.44. The van der Waals surface area contributed by atoms with Crippen molar-refractivity contribution in [2.75, 3.05) is 30.5 Å². The number of benzene rings is 4. The highest BCUT2D eigenvalue weighted by molar-refractivity contribution is 9.10. The molecule has 1 aliphatic heterocycles. The monoisotopic (exact) mass is 734 g/mol.